The first-order valence-corrected chi connectivity index (χ1v) is 6.56. The van der Waals surface area contributed by atoms with Crippen LogP contribution in [0.5, 0.6) is 0 Å². The maximum Gasteiger partial charge on any atom is 0.251 e. The van der Waals surface area contributed by atoms with Crippen LogP contribution in [-0.4, -0.2) is 10.9 Å². The van der Waals surface area contributed by atoms with Gasteiger partial charge >= 0.3 is 0 Å². The van der Waals surface area contributed by atoms with Crippen LogP contribution in [-0.2, 0) is 6.54 Å². The fourth-order valence-corrected chi connectivity index (χ4v) is 2.34. The zero-order chi connectivity index (χ0) is 13.1. The van der Waals surface area contributed by atoms with Crippen LogP contribution < -0.4 is 5.32 Å². The molecule has 1 aromatic carbocycles. The highest BCUT2D eigenvalue weighted by Crippen LogP contribution is 2.15. The molecule has 18 heavy (non-hydrogen) atoms. The number of rotatable bonds is 3. The molecule has 0 aliphatic rings. The van der Waals surface area contributed by atoms with Crippen molar-refractivity contribution in [3.05, 3.63) is 45.7 Å². The molecule has 3 nitrogen and oxygen atoms in total. The number of aromatic nitrogens is 1. The lowest BCUT2D eigenvalue weighted by Crippen LogP contribution is -2.22. The summed E-state index contributed by atoms with van der Waals surface area (Å²) in [6.07, 6.45) is 0. The van der Waals surface area contributed by atoms with E-state index in [-0.39, 0.29) is 10.8 Å². The van der Waals surface area contributed by atoms with Gasteiger partial charge in [0.05, 0.1) is 17.7 Å². The lowest BCUT2D eigenvalue weighted by atomic mass is 10.2. The summed E-state index contributed by atoms with van der Waals surface area (Å²) in [7, 11) is 0. The Kier molecular flexibility index (Phi) is 3.98. The zero-order valence-corrected chi connectivity index (χ0v) is 11.3. The number of thiazole rings is 1. The first kappa shape index (κ1) is 13.0. The van der Waals surface area contributed by atoms with E-state index in [1.54, 1.807) is 5.51 Å². The van der Waals surface area contributed by atoms with Gasteiger partial charge in [0.15, 0.2) is 0 Å². The molecule has 0 unspecified atom stereocenters. The molecule has 0 fully saturated rings. The second-order valence-electron chi connectivity index (χ2n) is 3.71. The summed E-state index contributed by atoms with van der Waals surface area (Å²) >= 11 is 5.43. The van der Waals surface area contributed by atoms with Crippen LogP contribution in [0.15, 0.2) is 28.6 Å². The highest BCUT2D eigenvalue weighted by Gasteiger charge is 2.09. The Morgan fingerprint density at radius 1 is 1.56 bits per heavy atom. The van der Waals surface area contributed by atoms with Crippen molar-refractivity contribution in [2.24, 2.45) is 0 Å². The molecule has 1 heterocycles. The van der Waals surface area contributed by atoms with E-state index < -0.39 is 5.82 Å². The number of hydrogen-bond donors (Lipinski definition) is 2. The first-order chi connectivity index (χ1) is 8.58. The second-order valence-corrected chi connectivity index (χ2v) is 5.13. The number of amides is 1. The summed E-state index contributed by atoms with van der Waals surface area (Å²) in [4.78, 5) is 17.1. The third-order valence-electron chi connectivity index (χ3n) is 2.46. The largest absolute Gasteiger partial charge is 0.347 e. The molecule has 0 saturated heterocycles. The summed E-state index contributed by atoms with van der Waals surface area (Å²) in [6, 6.07) is 4.08. The van der Waals surface area contributed by atoms with Crippen LogP contribution in [0.2, 0.25) is 0 Å². The first-order valence-electron chi connectivity index (χ1n) is 5.23. The number of nitrogens with one attached hydrogen (secondary N) is 1. The number of carbonyl (C=O) groups is 1. The molecule has 1 N–H and O–H groups in total. The minimum atomic E-state index is -0.437. The molecule has 2 rings (SSSR count). The molecule has 1 aromatic heterocycles. The van der Waals surface area contributed by atoms with E-state index in [0.29, 0.717) is 12.1 Å². The van der Waals surface area contributed by atoms with Gasteiger partial charge in [-0.2, -0.15) is 0 Å². The number of benzene rings is 1. The highest BCUT2D eigenvalue weighted by atomic mass is 32.1. The minimum absolute atomic E-state index is 0.164. The van der Waals surface area contributed by atoms with Gasteiger partial charge < -0.3 is 5.32 Å². The monoisotopic (exact) mass is 282 g/mol. The summed E-state index contributed by atoms with van der Waals surface area (Å²) in [5, 5.41) is 2.76. The third-order valence-corrected chi connectivity index (χ3v) is 3.74. The SMILES string of the molecule is Cc1ncsc1CNC(=O)c1ccc(F)c(S)c1. The number of hydrogen-bond acceptors (Lipinski definition) is 4. The Balaban J connectivity index is 2.04. The molecule has 0 radical (unpaired) electrons. The number of halogens is 1. The van der Waals surface area contributed by atoms with Gasteiger partial charge in [-0.3, -0.25) is 4.79 Å². The van der Waals surface area contributed by atoms with Gasteiger partial charge in [-0.15, -0.1) is 24.0 Å². The highest BCUT2D eigenvalue weighted by molar-refractivity contribution is 7.80. The molecule has 0 aliphatic carbocycles. The van der Waals surface area contributed by atoms with Gasteiger partial charge in [-0.1, -0.05) is 0 Å². The van der Waals surface area contributed by atoms with Crippen LogP contribution in [0, 0.1) is 12.7 Å². The Morgan fingerprint density at radius 2 is 2.33 bits per heavy atom. The third kappa shape index (κ3) is 2.88. The van der Waals surface area contributed by atoms with Crippen LogP contribution in [0.25, 0.3) is 0 Å². The maximum absolute atomic E-state index is 13.0. The van der Waals surface area contributed by atoms with Gasteiger partial charge in [-0.25, -0.2) is 9.37 Å². The quantitative estimate of drug-likeness (QED) is 0.850. The molecule has 6 heteroatoms. The van der Waals surface area contributed by atoms with Crippen molar-refractivity contribution in [1.82, 2.24) is 10.3 Å². The normalized spacial score (nSPS) is 10.4. The lowest BCUT2D eigenvalue weighted by molar-refractivity contribution is 0.0951. The summed E-state index contributed by atoms with van der Waals surface area (Å²) in [5.74, 6) is -0.689. The number of carbonyl (C=O) groups excluding carboxylic acids is 1. The molecule has 0 spiro atoms. The fourth-order valence-electron chi connectivity index (χ4n) is 1.41. The summed E-state index contributed by atoms with van der Waals surface area (Å²) in [5.41, 5.74) is 3.04. The topological polar surface area (TPSA) is 42.0 Å². The van der Waals surface area contributed by atoms with Gasteiger partial charge in [0.1, 0.15) is 5.82 Å². The molecular weight excluding hydrogens is 271 g/mol. The van der Waals surface area contributed by atoms with Crippen LogP contribution in [0.4, 0.5) is 4.39 Å². The molecule has 0 aliphatic heterocycles. The smallest absolute Gasteiger partial charge is 0.251 e. The number of thiol groups is 1. The van der Waals surface area contributed by atoms with Crippen molar-refractivity contribution in [1.29, 1.82) is 0 Å². The van der Waals surface area contributed by atoms with Crippen molar-refractivity contribution < 1.29 is 9.18 Å². The van der Waals surface area contributed by atoms with Crippen LogP contribution in [0.3, 0.4) is 0 Å². The maximum atomic E-state index is 13.0. The van der Waals surface area contributed by atoms with Crippen molar-refractivity contribution in [3.63, 3.8) is 0 Å². The summed E-state index contributed by atoms with van der Waals surface area (Å²) in [6.45, 7) is 2.32. The van der Waals surface area contributed by atoms with E-state index in [1.807, 2.05) is 6.92 Å². The van der Waals surface area contributed by atoms with E-state index in [4.69, 9.17) is 0 Å². The van der Waals surface area contributed by atoms with E-state index in [0.717, 1.165) is 10.6 Å². The van der Waals surface area contributed by atoms with E-state index in [1.165, 1.54) is 29.5 Å². The van der Waals surface area contributed by atoms with Crippen molar-refractivity contribution in [2.45, 2.75) is 18.4 Å². The Labute approximate surface area is 113 Å². The van der Waals surface area contributed by atoms with Crippen LogP contribution >= 0.6 is 24.0 Å². The Hall–Kier alpha value is -1.40. The van der Waals surface area contributed by atoms with Gasteiger partial charge in [0.2, 0.25) is 0 Å². The zero-order valence-electron chi connectivity index (χ0n) is 9.61. The molecule has 0 saturated carbocycles. The molecule has 0 atom stereocenters. The van der Waals surface area contributed by atoms with E-state index in [2.05, 4.69) is 22.9 Å². The second kappa shape index (κ2) is 5.49. The van der Waals surface area contributed by atoms with Crippen LogP contribution in [0.1, 0.15) is 20.9 Å². The standard InChI is InChI=1S/C12H11FN2OS2/c1-7-11(18-6-15-7)5-14-12(16)8-2-3-9(13)10(17)4-8/h2-4,6,17H,5H2,1H3,(H,14,16). The average Bonchev–Trinajstić information content (AvgIpc) is 2.75. The van der Waals surface area contributed by atoms with Gasteiger partial charge in [-0.05, 0) is 25.1 Å². The molecular formula is C12H11FN2OS2. The minimum Gasteiger partial charge on any atom is -0.347 e. The Bertz CT molecular complexity index is 583. The lowest BCUT2D eigenvalue weighted by Gasteiger charge is -2.05. The summed E-state index contributed by atoms with van der Waals surface area (Å²) < 4.78 is 13.0. The molecule has 1 amide bonds. The average molecular weight is 282 g/mol. The number of nitrogens with zero attached hydrogens (tertiary/aromatic N) is 1. The van der Waals surface area contributed by atoms with Crippen molar-refractivity contribution in [3.8, 4) is 0 Å². The van der Waals surface area contributed by atoms with E-state index >= 15 is 0 Å². The molecule has 94 valence electrons. The van der Waals surface area contributed by atoms with Gasteiger partial charge in [0, 0.05) is 15.3 Å². The van der Waals surface area contributed by atoms with Crippen molar-refractivity contribution in [2.75, 3.05) is 0 Å². The molecule has 2 aromatic rings. The Morgan fingerprint density at radius 3 is 2.94 bits per heavy atom. The predicted octanol–water partition coefficient (Wildman–Crippen LogP) is 2.81. The van der Waals surface area contributed by atoms with Gasteiger partial charge in [0.25, 0.3) is 5.91 Å². The molecule has 0 bridgehead atoms. The van der Waals surface area contributed by atoms with E-state index in [9.17, 15) is 9.18 Å². The van der Waals surface area contributed by atoms with Crippen molar-refractivity contribution >= 4 is 29.9 Å². The predicted molar refractivity (Wildman–Crippen MR) is 71.7 cm³/mol. The number of aryl methyl sites for hydroxylation is 1. The fraction of sp³-hybridized carbons (Fsp3) is 0.167.